The maximum absolute atomic E-state index is 15.6. The summed E-state index contributed by atoms with van der Waals surface area (Å²) in [5, 5.41) is 10.7. The molecule has 0 unspecified atom stereocenters. The summed E-state index contributed by atoms with van der Waals surface area (Å²) < 4.78 is 24.2. The molecule has 14 heteroatoms. The first-order valence-corrected chi connectivity index (χ1v) is 15.2. The van der Waals surface area contributed by atoms with Gasteiger partial charge in [-0.2, -0.15) is 4.98 Å². The van der Waals surface area contributed by atoms with E-state index in [0.29, 0.717) is 39.7 Å². The van der Waals surface area contributed by atoms with E-state index in [1.165, 1.54) is 21.1 Å². The van der Waals surface area contributed by atoms with Crippen LogP contribution in [0.4, 0.5) is 21.8 Å². The van der Waals surface area contributed by atoms with Gasteiger partial charge >= 0.3 is 0 Å². The summed E-state index contributed by atoms with van der Waals surface area (Å²) in [5.41, 5.74) is 2.50. The van der Waals surface area contributed by atoms with Gasteiger partial charge in [0.15, 0.2) is 11.5 Å². The number of nitrogens with zero attached hydrogens (tertiary/aromatic N) is 7. The maximum atomic E-state index is 15.6. The van der Waals surface area contributed by atoms with Crippen molar-refractivity contribution in [2.24, 2.45) is 5.92 Å². The molecule has 13 nitrogen and oxygen atoms in total. The topological polar surface area (TPSA) is 149 Å². The van der Waals surface area contributed by atoms with E-state index in [1.807, 2.05) is 6.07 Å². The minimum Gasteiger partial charge on any atom is -0.494 e. The van der Waals surface area contributed by atoms with Gasteiger partial charge in [-0.1, -0.05) is 24.3 Å². The lowest BCUT2D eigenvalue weighted by atomic mass is 10.00. The third kappa shape index (κ3) is 5.79. The smallest absolute Gasteiger partial charge is 0.271 e. The van der Waals surface area contributed by atoms with Crippen LogP contribution in [0.25, 0.3) is 27.5 Å². The molecule has 48 heavy (non-hydrogen) atoms. The average Bonchev–Trinajstić information content (AvgIpc) is 3.84. The number of methoxy groups -OCH3 is 1. The van der Waals surface area contributed by atoms with E-state index in [2.05, 4.69) is 30.7 Å². The number of amides is 2. The lowest BCUT2D eigenvalue weighted by Gasteiger charge is -2.16. The van der Waals surface area contributed by atoms with Crippen LogP contribution in [-0.2, 0) is 11.3 Å². The Morgan fingerprint density at radius 1 is 1.06 bits per heavy atom. The number of hydrogen-bond donors (Lipinski definition) is 2. The van der Waals surface area contributed by atoms with Crippen molar-refractivity contribution >= 4 is 45.7 Å². The summed E-state index contributed by atoms with van der Waals surface area (Å²) >= 11 is 0. The predicted molar refractivity (Wildman–Crippen MR) is 177 cm³/mol. The van der Waals surface area contributed by atoms with E-state index in [1.54, 1.807) is 75.0 Å². The number of carbonyl (C=O) groups excluding carboxylic acids is 2. The summed E-state index contributed by atoms with van der Waals surface area (Å²) in [5.74, 6) is -0.102. The maximum Gasteiger partial charge on any atom is 0.271 e. The monoisotopic (exact) mass is 647 g/mol. The van der Waals surface area contributed by atoms with Crippen LogP contribution in [0.15, 0.2) is 78.0 Å². The standard InChI is InChI=1S/C34H30FN9O4/c1-42(2)33(47)27-9-4-6-21(37-27)17-43-18-25(35)24-16-20(12-13-23(24)32(43)46)22-7-5-8-26(28(22)48-3)38-29-30-36-14-15-44(30)41-34(39-29)40-31(45)19-10-11-19/h4-9,12-16,18-19H,10-11,17H2,1-3H3,(H2,38,39,40,41,45). The number of para-hydroxylation sites is 1. The Balaban J connectivity index is 1.21. The second-order valence-corrected chi connectivity index (χ2v) is 11.6. The Bertz CT molecular complexity index is 2300. The summed E-state index contributed by atoms with van der Waals surface area (Å²) in [6.07, 6.45) is 6.06. The highest BCUT2D eigenvalue weighted by Crippen LogP contribution is 2.39. The lowest BCUT2D eigenvalue weighted by molar-refractivity contribution is -0.117. The molecular weight excluding hydrogens is 617 g/mol. The second kappa shape index (κ2) is 12.2. The number of pyridine rings is 2. The second-order valence-electron chi connectivity index (χ2n) is 11.6. The van der Waals surface area contributed by atoms with E-state index in [9.17, 15) is 14.4 Å². The van der Waals surface area contributed by atoms with Crippen molar-refractivity contribution in [3.8, 4) is 16.9 Å². The predicted octanol–water partition coefficient (Wildman–Crippen LogP) is 4.49. The number of aromatic nitrogens is 6. The molecule has 0 bridgehead atoms. The quantitative estimate of drug-likeness (QED) is 0.232. The van der Waals surface area contributed by atoms with Crippen LogP contribution >= 0.6 is 0 Å². The molecular formula is C34H30FN9O4. The molecule has 0 radical (unpaired) electrons. The van der Waals surface area contributed by atoms with E-state index in [-0.39, 0.29) is 46.7 Å². The number of carbonyl (C=O) groups is 2. The first-order valence-electron chi connectivity index (χ1n) is 15.2. The molecule has 6 aromatic rings. The zero-order chi connectivity index (χ0) is 33.5. The van der Waals surface area contributed by atoms with Crippen LogP contribution in [0.2, 0.25) is 0 Å². The summed E-state index contributed by atoms with van der Waals surface area (Å²) in [6, 6.07) is 15.3. The van der Waals surface area contributed by atoms with Crippen molar-refractivity contribution in [1.82, 2.24) is 34.0 Å². The molecule has 4 aromatic heterocycles. The number of hydrogen-bond acceptors (Lipinski definition) is 9. The largest absolute Gasteiger partial charge is 0.494 e. The Morgan fingerprint density at radius 3 is 2.65 bits per heavy atom. The molecule has 1 aliphatic carbocycles. The number of ether oxygens (including phenoxy) is 1. The molecule has 242 valence electrons. The van der Waals surface area contributed by atoms with Crippen LogP contribution in [0.3, 0.4) is 0 Å². The van der Waals surface area contributed by atoms with Crippen LogP contribution in [0.1, 0.15) is 29.0 Å². The fraction of sp³-hybridized carbons (Fsp3) is 0.206. The number of benzene rings is 2. The molecule has 0 saturated heterocycles. The zero-order valence-electron chi connectivity index (χ0n) is 26.3. The van der Waals surface area contributed by atoms with Gasteiger partial charge in [0.1, 0.15) is 17.3 Å². The van der Waals surface area contributed by atoms with Gasteiger partial charge in [0.25, 0.3) is 11.5 Å². The number of imidazole rings is 1. The number of halogens is 1. The van der Waals surface area contributed by atoms with Gasteiger partial charge in [0.05, 0.1) is 30.4 Å². The first-order chi connectivity index (χ1) is 23.2. The minimum absolute atomic E-state index is 0.0116. The Kier molecular flexibility index (Phi) is 7.75. The summed E-state index contributed by atoms with van der Waals surface area (Å²) in [7, 11) is 4.77. The van der Waals surface area contributed by atoms with Crippen molar-refractivity contribution in [2.45, 2.75) is 19.4 Å². The van der Waals surface area contributed by atoms with E-state index < -0.39 is 11.4 Å². The molecule has 2 amide bonds. The van der Waals surface area contributed by atoms with E-state index in [4.69, 9.17) is 4.74 Å². The van der Waals surface area contributed by atoms with Gasteiger partial charge in [-0.25, -0.2) is 18.9 Å². The van der Waals surface area contributed by atoms with E-state index in [0.717, 1.165) is 19.0 Å². The van der Waals surface area contributed by atoms with E-state index >= 15 is 4.39 Å². The highest BCUT2D eigenvalue weighted by molar-refractivity contribution is 5.93. The molecule has 1 fully saturated rings. The van der Waals surface area contributed by atoms with Crippen molar-refractivity contribution in [3.05, 3.63) is 101 Å². The molecule has 1 aliphatic rings. The highest BCUT2D eigenvalue weighted by atomic mass is 19.1. The van der Waals surface area contributed by atoms with Crippen LogP contribution in [-0.4, -0.2) is 67.1 Å². The highest BCUT2D eigenvalue weighted by Gasteiger charge is 2.30. The zero-order valence-corrected chi connectivity index (χ0v) is 26.3. The average molecular weight is 648 g/mol. The van der Waals surface area contributed by atoms with Gasteiger partial charge in [-0.15, -0.1) is 5.10 Å². The molecule has 1 saturated carbocycles. The van der Waals surface area contributed by atoms with Crippen molar-refractivity contribution in [2.75, 3.05) is 31.8 Å². The molecule has 0 atom stereocenters. The van der Waals surface area contributed by atoms with Crippen molar-refractivity contribution < 1.29 is 18.7 Å². The normalized spacial score (nSPS) is 12.7. The van der Waals surface area contributed by atoms with Crippen molar-refractivity contribution in [3.63, 3.8) is 0 Å². The molecule has 0 aliphatic heterocycles. The molecule has 2 N–H and O–H groups in total. The van der Waals surface area contributed by atoms with Crippen LogP contribution in [0, 0.1) is 11.7 Å². The van der Waals surface area contributed by atoms with Crippen LogP contribution < -0.4 is 20.9 Å². The number of nitrogens with one attached hydrogen (secondary N) is 2. The number of anilines is 3. The number of rotatable bonds is 9. The van der Waals surface area contributed by atoms with Crippen molar-refractivity contribution in [1.29, 1.82) is 0 Å². The minimum atomic E-state index is -0.594. The summed E-state index contributed by atoms with van der Waals surface area (Å²) in [6.45, 7) is -0.0116. The lowest BCUT2D eigenvalue weighted by Crippen LogP contribution is -2.24. The first kappa shape index (κ1) is 30.5. The van der Waals surface area contributed by atoms with Gasteiger partial charge < -0.3 is 19.5 Å². The van der Waals surface area contributed by atoms with Gasteiger partial charge in [-0.3, -0.25) is 19.7 Å². The van der Waals surface area contributed by atoms with Gasteiger partial charge in [0.2, 0.25) is 11.9 Å². The SMILES string of the molecule is COc1c(Nc2nc(NC(=O)C3CC3)nn3ccnc23)cccc1-c1ccc2c(=O)n(Cc3cccc(C(=O)N(C)C)n3)cc(F)c2c1. The van der Waals surface area contributed by atoms with Gasteiger partial charge in [0, 0.05) is 49.6 Å². The number of fused-ring (bicyclic) bond motifs is 2. The summed E-state index contributed by atoms with van der Waals surface area (Å²) in [4.78, 5) is 52.9. The Hall–Kier alpha value is -6.18. The molecule has 4 heterocycles. The third-order valence-electron chi connectivity index (χ3n) is 8.02. The fourth-order valence-electron chi connectivity index (χ4n) is 5.46. The molecule has 7 rings (SSSR count). The molecule has 2 aromatic carbocycles. The molecule has 0 spiro atoms. The fourth-order valence-corrected chi connectivity index (χ4v) is 5.46. The Morgan fingerprint density at radius 2 is 1.88 bits per heavy atom. The van der Waals surface area contributed by atoms with Crippen LogP contribution in [0.5, 0.6) is 5.75 Å². The Labute approximate surface area is 273 Å². The third-order valence-corrected chi connectivity index (χ3v) is 8.02. The van der Waals surface area contributed by atoms with Gasteiger partial charge in [-0.05, 0) is 48.7 Å².